The zero-order chi connectivity index (χ0) is 11.2. The maximum atomic E-state index is 5.28. The summed E-state index contributed by atoms with van der Waals surface area (Å²) in [5, 5.41) is 6.37. The van der Waals surface area contributed by atoms with E-state index in [-0.39, 0.29) is 0 Å². The van der Waals surface area contributed by atoms with Gasteiger partial charge >= 0.3 is 0 Å². The molecule has 1 aromatic heterocycles. The van der Waals surface area contributed by atoms with E-state index in [9.17, 15) is 0 Å². The molecule has 2 heterocycles. The van der Waals surface area contributed by atoms with Crippen LogP contribution in [-0.4, -0.2) is 46.1 Å². The van der Waals surface area contributed by atoms with Crippen molar-refractivity contribution in [1.82, 2.24) is 25.2 Å². The van der Waals surface area contributed by atoms with Crippen molar-refractivity contribution in [3.8, 4) is 0 Å². The number of hydrogen-bond acceptors (Lipinski definition) is 5. The van der Waals surface area contributed by atoms with Gasteiger partial charge in [-0.2, -0.15) is 5.10 Å². The third-order valence-corrected chi connectivity index (χ3v) is 2.60. The standard InChI is InChI=1S/C10H19N5O/c1-2-3-15-10(11-9-13-15)8-12-14-4-6-16-7-5-14/h9,12H,2-8H2,1H3. The third-order valence-electron chi connectivity index (χ3n) is 2.60. The molecule has 0 spiro atoms. The smallest absolute Gasteiger partial charge is 0.142 e. The lowest BCUT2D eigenvalue weighted by Gasteiger charge is -2.26. The summed E-state index contributed by atoms with van der Waals surface area (Å²) in [6, 6.07) is 0. The van der Waals surface area contributed by atoms with Crippen LogP contribution in [0.4, 0.5) is 0 Å². The topological polar surface area (TPSA) is 55.2 Å². The van der Waals surface area contributed by atoms with E-state index in [0.29, 0.717) is 0 Å². The Balaban J connectivity index is 1.81. The van der Waals surface area contributed by atoms with Crippen LogP contribution in [0.5, 0.6) is 0 Å². The van der Waals surface area contributed by atoms with Crippen LogP contribution in [0.15, 0.2) is 6.33 Å². The van der Waals surface area contributed by atoms with E-state index in [0.717, 1.165) is 51.6 Å². The Labute approximate surface area is 95.6 Å². The molecule has 0 unspecified atom stereocenters. The van der Waals surface area contributed by atoms with Crippen molar-refractivity contribution in [3.05, 3.63) is 12.2 Å². The number of ether oxygens (including phenoxy) is 1. The molecule has 0 saturated carbocycles. The first kappa shape index (κ1) is 11.5. The predicted octanol–water partition coefficient (Wildman–Crippen LogP) is 0.0249. The van der Waals surface area contributed by atoms with Gasteiger partial charge in [-0.1, -0.05) is 6.92 Å². The van der Waals surface area contributed by atoms with Crippen molar-refractivity contribution in [1.29, 1.82) is 0 Å². The first-order valence-electron chi connectivity index (χ1n) is 5.83. The van der Waals surface area contributed by atoms with Crippen LogP contribution in [0, 0.1) is 0 Å². The summed E-state index contributed by atoms with van der Waals surface area (Å²) in [6.45, 7) is 7.27. The molecule has 6 heteroatoms. The maximum absolute atomic E-state index is 5.28. The number of hydrazine groups is 1. The highest BCUT2D eigenvalue weighted by Gasteiger charge is 2.11. The highest BCUT2D eigenvalue weighted by atomic mass is 16.5. The lowest BCUT2D eigenvalue weighted by molar-refractivity contribution is 0.00987. The Morgan fingerprint density at radius 2 is 2.25 bits per heavy atom. The Hall–Kier alpha value is -0.980. The van der Waals surface area contributed by atoms with Crippen LogP contribution >= 0.6 is 0 Å². The second-order valence-corrected chi connectivity index (χ2v) is 3.83. The molecule has 0 radical (unpaired) electrons. The van der Waals surface area contributed by atoms with Gasteiger partial charge in [-0.05, 0) is 6.42 Å². The van der Waals surface area contributed by atoms with Gasteiger partial charge in [0.15, 0.2) is 0 Å². The van der Waals surface area contributed by atoms with E-state index < -0.39 is 0 Å². The first-order chi connectivity index (χ1) is 7.90. The van der Waals surface area contributed by atoms with Gasteiger partial charge < -0.3 is 4.74 Å². The van der Waals surface area contributed by atoms with Crippen molar-refractivity contribution < 1.29 is 4.74 Å². The highest BCUT2D eigenvalue weighted by molar-refractivity contribution is 4.83. The van der Waals surface area contributed by atoms with Crippen molar-refractivity contribution in [2.24, 2.45) is 0 Å². The molecule has 1 fully saturated rings. The summed E-state index contributed by atoms with van der Waals surface area (Å²) < 4.78 is 7.24. The quantitative estimate of drug-likeness (QED) is 0.766. The Morgan fingerprint density at radius 1 is 1.44 bits per heavy atom. The van der Waals surface area contributed by atoms with Crippen molar-refractivity contribution in [2.45, 2.75) is 26.4 Å². The van der Waals surface area contributed by atoms with Crippen molar-refractivity contribution in [2.75, 3.05) is 26.3 Å². The second-order valence-electron chi connectivity index (χ2n) is 3.83. The number of morpholine rings is 1. The largest absolute Gasteiger partial charge is 0.379 e. The van der Waals surface area contributed by atoms with Gasteiger partial charge in [0.05, 0.1) is 19.8 Å². The summed E-state index contributed by atoms with van der Waals surface area (Å²) >= 11 is 0. The summed E-state index contributed by atoms with van der Waals surface area (Å²) in [5.41, 5.74) is 3.35. The zero-order valence-electron chi connectivity index (χ0n) is 9.72. The predicted molar refractivity (Wildman–Crippen MR) is 59.5 cm³/mol. The van der Waals surface area contributed by atoms with Crippen LogP contribution in [0.1, 0.15) is 19.2 Å². The fourth-order valence-corrected chi connectivity index (χ4v) is 1.73. The summed E-state index contributed by atoms with van der Waals surface area (Å²) in [7, 11) is 0. The SMILES string of the molecule is CCCn1ncnc1CNN1CCOCC1. The van der Waals surface area contributed by atoms with Crippen molar-refractivity contribution in [3.63, 3.8) is 0 Å². The van der Waals surface area contributed by atoms with Gasteiger partial charge in [0, 0.05) is 19.6 Å². The Kier molecular flexibility index (Phi) is 4.26. The van der Waals surface area contributed by atoms with Gasteiger partial charge in [0.2, 0.25) is 0 Å². The molecular weight excluding hydrogens is 206 g/mol. The molecule has 1 aliphatic rings. The lowest BCUT2D eigenvalue weighted by atomic mass is 10.4. The normalized spacial score (nSPS) is 17.8. The Morgan fingerprint density at radius 3 is 3.00 bits per heavy atom. The number of nitrogens with zero attached hydrogens (tertiary/aromatic N) is 4. The summed E-state index contributed by atoms with van der Waals surface area (Å²) in [6.07, 6.45) is 2.69. The molecule has 6 nitrogen and oxygen atoms in total. The highest BCUT2D eigenvalue weighted by Crippen LogP contribution is 1.98. The van der Waals surface area contributed by atoms with Crippen LogP contribution in [0.25, 0.3) is 0 Å². The monoisotopic (exact) mass is 225 g/mol. The van der Waals surface area contributed by atoms with Crippen LogP contribution in [0.2, 0.25) is 0 Å². The number of nitrogens with one attached hydrogen (secondary N) is 1. The van der Waals surface area contributed by atoms with E-state index >= 15 is 0 Å². The molecule has 1 aliphatic heterocycles. The second kappa shape index (κ2) is 5.93. The number of hydrogen-bond donors (Lipinski definition) is 1. The molecule has 0 bridgehead atoms. The van der Waals surface area contributed by atoms with Crippen LogP contribution in [0.3, 0.4) is 0 Å². The number of rotatable bonds is 5. The van der Waals surface area contributed by atoms with Crippen LogP contribution < -0.4 is 5.43 Å². The molecule has 0 atom stereocenters. The summed E-state index contributed by atoms with van der Waals surface area (Å²) in [4.78, 5) is 4.25. The maximum Gasteiger partial charge on any atom is 0.142 e. The van der Waals surface area contributed by atoms with Gasteiger partial charge in [-0.3, -0.25) is 0 Å². The van der Waals surface area contributed by atoms with Crippen LogP contribution in [-0.2, 0) is 17.8 Å². The first-order valence-corrected chi connectivity index (χ1v) is 5.83. The molecule has 0 aromatic carbocycles. The average Bonchev–Trinajstić information content (AvgIpc) is 2.76. The summed E-state index contributed by atoms with van der Waals surface area (Å²) in [5.74, 6) is 0.994. The molecule has 1 N–H and O–H groups in total. The number of aromatic nitrogens is 3. The molecule has 2 rings (SSSR count). The average molecular weight is 225 g/mol. The third kappa shape index (κ3) is 3.01. The number of aryl methyl sites for hydroxylation is 1. The molecule has 16 heavy (non-hydrogen) atoms. The lowest BCUT2D eigenvalue weighted by Crippen LogP contribution is -2.45. The fourth-order valence-electron chi connectivity index (χ4n) is 1.73. The minimum absolute atomic E-state index is 0.736. The van der Waals surface area contributed by atoms with Gasteiger partial charge in [-0.15, -0.1) is 0 Å². The van der Waals surface area contributed by atoms with Gasteiger partial charge in [-0.25, -0.2) is 20.1 Å². The van der Waals surface area contributed by atoms with E-state index in [1.807, 2.05) is 4.68 Å². The van der Waals surface area contributed by atoms with Gasteiger partial charge in [0.25, 0.3) is 0 Å². The molecule has 1 aromatic rings. The molecule has 0 amide bonds. The van der Waals surface area contributed by atoms with E-state index in [4.69, 9.17) is 4.74 Å². The minimum Gasteiger partial charge on any atom is -0.379 e. The van der Waals surface area contributed by atoms with Crippen molar-refractivity contribution >= 4 is 0 Å². The van der Waals surface area contributed by atoms with E-state index in [2.05, 4.69) is 27.4 Å². The Bertz CT molecular complexity index is 308. The molecule has 1 saturated heterocycles. The molecular formula is C10H19N5O. The van der Waals surface area contributed by atoms with E-state index in [1.54, 1.807) is 6.33 Å². The molecule has 0 aliphatic carbocycles. The fraction of sp³-hybridized carbons (Fsp3) is 0.800. The van der Waals surface area contributed by atoms with E-state index in [1.165, 1.54) is 0 Å². The minimum atomic E-state index is 0.736. The zero-order valence-corrected chi connectivity index (χ0v) is 9.72. The molecule has 90 valence electrons. The van der Waals surface area contributed by atoms with Gasteiger partial charge in [0.1, 0.15) is 12.2 Å².